The Morgan fingerprint density at radius 1 is 1.70 bits per heavy atom. The first kappa shape index (κ1) is 6.54. The molecule has 2 N–H and O–H groups in total. The number of aromatic nitrogens is 1. The predicted octanol–water partition coefficient (Wildman–Crippen LogP) is 0.286. The van der Waals surface area contributed by atoms with Crippen molar-refractivity contribution in [1.29, 1.82) is 0 Å². The molecule has 0 amide bonds. The normalized spacial score (nSPS) is 9.20. The largest absolute Gasteiger partial charge is 0.505 e. The monoisotopic (exact) mass is 138 g/mol. The van der Waals surface area contributed by atoms with Crippen LogP contribution < -0.4 is 0 Å². The first-order valence-electron chi connectivity index (χ1n) is 2.51. The maximum absolute atomic E-state index is 10.2. The van der Waals surface area contributed by atoms with Crippen LogP contribution in [0.3, 0.4) is 0 Å². The molecule has 4 nitrogen and oxygen atoms in total. The summed E-state index contributed by atoms with van der Waals surface area (Å²) in [6.07, 6.45) is 1.25. The summed E-state index contributed by atoms with van der Waals surface area (Å²) in [5, 5.41) is 17.1. The minimum atomic E-state index is -1.26. The molecule has 10 heavy (non-hydrogen) atoms. The van der Waals surface area contributed by atoms with Gasteiger partial charge in [0, 0.05) is 12.3 Å². The van der Waals surface area contributed by atoms with Gasteiger partial charge in [-0.1, -0.05) is 0 Å². The molecule has 0 aliphatic heterocycles. The lowest BCUT2D eigenvalue weighted by Gasteiger charge is -1.93. The van der Waals surface area contributed by atoms with Gasteiger partial charge in [0.25, 0.3) is 0 Å². The van der Waals surface area contributed by atoms with Gasteiger partial charge in [0.05, 0.1) is 0 Å². The molecule has 0 aromatic carbocycles. The van der Waals surface area contributed by atoms with Crippen LogP contribution in [-0.4, -0.2) is 21.2 Å². The molecule has 1 radical (unpaired) electrons. The quantitative estimate of drug-likeness (QED) is 0.585. The van der Waals surface area contributed by atoms with Crippen molar-refractivity contribution >= 4 is 5.97 Å². The van der Waals surface area contributed by atoms with Crippen molar-refractivity contribution in [3.63, 3.8) is 0 Å². The van der Waals surface area contributed by atoms with Gasteiger partial charge >= 0.3 is 5.97 Å². The van der Waals surface area contributed by atoms with Crippen LogP contribution in [0.5, 0.6) is 5.75 Å². The van der Waals surface area contributed by atoms with Gasteiger partial charge in [-0.25, -0.2) is 9.78 Å². The van der Waals surface area contributed by atoms with Crippen LogP contribution in [0.25, 0.3) is 0 Å². The number of hydrogen-bond acceptors (Lipinski definition) is 3. The first-order chi connectivity index (χ1) is 4.72. The van der Waals surface area contributed by atoms with E-state index >= 15 is 0 Å². The molecular weight excluding hydrogens is 134 g/mol. The van der Waals surface area contributed by atoms with Gasteiger partial charge in [-0.3, -0.25) is 0 Å². The standard InChI is InChI=1S/C6H4NO3/c8-4-2-1-3-7-5(4)6(9)10/h1,3,8H,(H,9,10). The second-order valence-corrected chi connectivity index (χ2v) is 1.59. The molecule has 1 heterocycles. The van der Waals surface area contributed by atoms with E-state index in [0.29, 0.717) is 0 Å². The summed E-state index contributed by atoms with van der Waals surface area (Å²) in [5.41, 5.74) is -0.373. The fourth-order valence-corrected chi connectivity index (χ4v) is 0.514. The molecule has 0 atom stereocenters. The smallest absolute Gasteiger partial charge is 0.358 e. The summed E-state index contributed by atoms with van der Waals surface area (Å²) in [4.78, 5) is 13.6. The molecule has 0 spiro atoms. The molecule has 4 heteroatoms. The minimum Gasteiger partial charge on any atom is -0.505 e. The van der Waals surface area contributed by atoms with E-state index in [4.69, 9.17) is 10.2 Å². The van der Waals surface area contributed by atoms with E-state index in [9.17, 15) is 4.79 Å². The highest BCUT2D eigenvalue weighted by molar-refractivity contribution is 5.88. The minimum absolute atomic E-state index is 0.373. The summed E-state index contributed by atoms with van der Waals surface area (Å²) in [6.45, 7) is 0. The highest BCUT2D eigenvalue weighted by atomic mass is 16.4. The number of aromatic carboxylic acids is 1. The fraction of sp³-hybridized carbons (Fsp3) is 0. The third-order valence-corrected chi connectivity index (χ3v) is 0.925. The molecule has 51 valence electrons. The molecule has 0 unspecified atom stereocenters. The Morgan fingerprint density at radius 3 is 2.80 bits per heavy atom. The van der Waals surface area contributed by atoms with Gasteiger partial charge in [-0.2, -0.15) is 0 Å². The van der Waals surface area contributed by atoms with Gasteiger partial charge in [0.1, 0.15) is 0 Å². The van der Waals surface area contributed by atoms with Crippen LogP contribution in [0, 0.1) is 6.07 Å². The Kier molecular flexibility index (Phi) is 1.53. The number of nitrogens with zero attached hydrogens (tertiary/aromatic N) is 1. The Labute approximate surface area is 56.8 Å². The van der Waals surface area contributed by atoms with Gasteiger partial charge in [0.15, 0.2) is 11.4 Å². The molecule has 0 aliphatic carbocycles. The van der Waals surface area contributed by atoms with E-state index in [1.165, 1.54) is 12.3 Å². The molecule has 1 aromatic heterocycles. The molecule has 0 aliphatic rings. The Bertz CT molecular complexity index is 259. The summed E-state index contributed by atoms with van der Waals surface area (Å²) >= 11 is 0. The summed E-state index contributed by atoms with van der Waals surface area (Å²) in [5.74, 6) is -1.69. The maximum atomic E-state index is 10.2. The number of rotatable bonds is 1. The predicted molar refractivity (Wildman–Crippen MR) is 31.7 cm³/mol. The maximum Gasteiger partial charge on any atom is 0.358 e. The van der Waals surface area contributed by atoms with E-state index in [1.807, 2.05) is 0 Å². The summed E-state index contributed by atoms with van der Waals surface area (Å²) in [6, 6.07) is 3.63. The fourth-order valence-electron chi connectivity index (χ4n) is 0.514. The van der Waals surface area contributed by atoms with E-state index in [1.54, 1.807) is 0 Å². The number of pyridine rings is 1. The third-order valence-electron chi connectivity index (χ3n) is 0.925. The average Bonchev–Trinajstić information content (AvgIpc) is 1.88. The van der Waals surface area contributed by atoms with Gasteiger partial charge in [-0.05, 0) is 6.07 Å². The first-order valence-corrected chi connectivity index (χ1v) is 2.51. The topological polar surface area (TPSA) is 70.4 Å². The van der Waals surface area contributed by atoms with Gasteiger partial charge in [0.2, 0.25) is 0 Å². The van der Waals surface area contributed by atoms with Crippen LogP contribution >= 0.6 is 0 Å². The van der Waals surface area contributed by atoms with Crippen molar-refractivity contribution in [3.8, 4) is 5.75 Å². The van der Waals surface area contributed by atoms with Crippen LogP contribution in [0.15, 0.2) is 12.3 Å². The molecule has 1 rings (SSSR count). The van der Waals surface area contributed by atoms with Crippen molar-refractivity contribution in [2.24, 2.45) is 0 Å². The van der Waals surface area contributed by atoms with Crippen molar-refractivity contribution in [3.05, 3.63) is 24.0 Å². The average molecular weight is 138 g/mol. The number of hydrogen-bond donors (Lipinski definition) is 2. The zero-order valence-electron chi connectivity index (χ0n) is 4.90. The number of carboxylic acids is 1. The number of carbonyl (C=O) groups is 1. The third kappa shape index (κ3) is 1.05. The molecule has 0 saturated heterocycles. The lowest BCUT2D eigenvalue weighted by atomic mass is 10.3. The number of aromatic hydroxyl groups is 1. The molecule has 0 fully saturated rings. The van der Waals surface area contributed by atoms with E-state index < -0.39 is 11.7 Å². The summed E-state index contributed by atoms with van der Waals surface area (Å²) in [7, 11) is 0. The SMILES string of the molecule is O=C(O)c1ncc[c]c1O. The van der Waals surface area contributed by atoms with Crippen LogP contribution in [-0.2, 0) is 0 Å². The molecule has 1 aromatic rings. The zero-order chi connectivity index (χ0) is 7.56. The molecule has 0 bridgehead atoms. The molecule has 0 saturated carbocycles. The van der Waals surface area contributed by atoms with Crippen molar-refractivity contribution in [1.82, 2.24) is 4.98 Å². The summed E-state index contributed by atoms with van der Waals surface area (Å²) < 4.78 is 0. The van der Waals surface area contributed by atoms with E-state index in [2.05, 4.69) is 11.1 Å². The highest BCUT2D eigenvalue weighted by Gasteiger charge is 2.08. The number of carboxylic acid groups (broad SMARTS) is 1. The van der Waals surface area contributed by atoms with E-state index in [-0.39, 0.29) is 5.69 Å². The Morgan fingerprint density at radius 2 is 2.40 bits per heavy atom. The van der Waals surface area contributed by atoms with Crippen molar-refractivity contribution in [2.45, 2.75) is 0 Å². The van der Waals surface area contributed by atoms with Crippen LogP contribution in [0.1, 0.15) is 10.5 Å². The lowest BCUT2D eigenvalue weighted by molar-refractivity contribution is 0.0687. The second-order valence-electron chi connectivity index (χ2n) is 1.59. The Hall–Kier alpha value is -1.58. The lowest BCUT2D eigenvalue weighted by Crippen LogP contribution is -1.99. The van der Waals surface area contributed by atoms with Crippen LogP contribution in [0.4, 0.5) is 0 Å². The van der Waals surface area contributed by atoms with Crippen molar-refractivity contribution < 1.29 is 15.0 Å². The molecular formula is C6H4NO3. The van der Waals surface area contributed by atoms with Gasteiger partial charge in [-0.15, -0.1) is 0 Å². The zero-order valence-corrected chi connectivity index (χ0v) is 4.90. The van der Waals surface area contributed by atoms with E-state index in [0.717, 1.165) is 0 Å². The van der Waals surface area contributed by atoms with Crippen molar-refractivity contribution in [2.75, 3.05) is 0 Å². The Balaban J connectivity index is 3.15. The second kappa shape index (κ2) is 2.34. The van der Waals surface area contributed by atoms with Crippen LogP contribution in [0.2, 0.25) is 0 Å². The highest BCUT2D eigenvalue weighted by Crippen LogP contribution is 2.10. The van der Waals surface area contributed by atoms with Gasteiger partial charge < -0.3 is 10.2 Å².